The molecule has 0 aliphatic carbocycles. The van der Waals surface area contributed by atoms with E-state index in [1.807, 2.05) is 24.3 Å². The predicted octanol–water partition coefficient (Wildman–Crippen LogP) is 1.05. The van der Waals surface area contributed by atoms with Gasteiger partial charge in [0.1, 0.15) is 0 Å². The van der Waals surface area contributed by atoms with Crippen LogP contribution in [0.1, 0.15) is 39.2 Å². The van der Waals surface area contributed by atoms with Crippen LogP contribution in [0, 0.1) is 0 Å². The second-order valence-corrected chi connectivity index (χ2v) is 6.44. The number of hydrogen-bond donors (Lipinski definition) is 2. The van der Waals surface area contributed by atoms with E-state index in [1.54, 1.807) is 27.7 Å². The SMILES string of the molecule is CC(C)(O)C(C)(C)OB(O)c1cccc(C2COC2)c1. The van der Waals surface area contributed by atoms with Crippen LogP contribution in [0.5, 0.6) is 0 Å². The predicted molar refractivity (Wildman–Crippen MR) is 79.1 cm³/mol. The van der Waals surface area contributed by atoms with Crippen molar-refractivity contribution < 1.29 is 19.5 Å². The molecule has 0 unspecified atom stereocenters. The van der Waals surface area contributed by atoms with Crippen molar-refractivity contribution in [3.8, 4) is 0 Å². The third kappa shape index (κ3) is 3.23. The van der Waals surface area contributed by atoms with E-state index in [1.165, 1.54) is 0 Å². The summed E-state index contributed by atoms with van der Waals surface area (Å²) in [5, 5.41) is 20.3. The van der Waals surface area contributed by atoms with E-state index in [2.05, 4.69) is 0 Å². The maximum Gasteiger partial charge on any atom is 0.491 e. The first-order chi connectivity index (χ1) is 9.21. The van der Waals surface area contributed by atoms with Crippen molar-refractivity contribution in [1.29, 1.82) is 0 Å². The Balaban J connectivity index is 2.11. The summed E-state index contributed by atoms with van der Waals surface area (Å²) in [5.74, 6) is 0.407. The Bertz CT molecular complexity index is 463. The lowest BCUT2D eigenvalue weighted by Crippen LogP contribution is -2.53. The van der Waals surface area contributed by atoms with Crippen LogP contribution in [0.25, 0.3) is 0 Å². The molecule has 5 heteroatoms. The van der Waals surface area contributed by atoms with Crippen molar-refractivity contribution >= 4 is 12.6 Å². The molecule has 1 aromatic rings. The Kier molecular flexibility index (Phi) is 4.26. The van der Waals surface area contributed by atoms with Gasteiger partial charge in [-0.05, 0) is 38.7 Å². The average molecular weight is 278 g/mol. The molecule has 0 aromatic heterocycles. The maximum absolute atomic E-state index is 10.3. The zero-order valence-corrected chi connectivity index (χ0v) is 12.6. The lowest BCUT2D eigenvalue weighted by Gasteiger charge is -2.38. The van der Waals surface area contributed by atoms with Crippen molar-refractivity contribution in [3.63, 3.8) is 0 Å². The molecule has 1 fully saturated rings. The van der Waals surface area contributed by atoms with Gasteiger partial charge in [0.2, 0.25) is 0 Å². The standard InChI is InChI=1S/C15H23BO4/c1-14(2,17)15(3,4)20-16(18)13-7-5-6-11(8-13)12-9-19-10-12/h5-8,12,17-18H,9-10H2,1-4H3. The van der Waals surface area contributed by atoms with Crippen LogP contribution in [0.3, 0.4) is 0 Å². The van der Waals surface area contributed by atoms with Gasteiger partial charge in [-0.15, -0.1) is 0 Å². The highest BCUT2D eigenvalue weighted by Gasteiger charge is 2.39. The molecule has 0 amide bonds. The molecule has 20 heavy (non-hydrogen) atoms. The van der Waals surface area contributed by atoms with Gasteiger partial charge in [-0.2, -0.15) is 0 Å². The minimum atomic E-state index is -1.06. The minimum absolute atomic E-state index is 0.407. The van der Waals surface area contributed by atoms with Gasteiger partial charge >= 0.3 is 7.12 Å². The van der Waals surface area contributed by atoms with Crippen molar-refractivity contribution in [1.82, 2.24) is 0 Å². The van der Waals surface area contributed by atoms with E-state index >= 15 is 0 Å². The van der Waals surface area contributed by atoms with Gasteiger partial charge in [0.25, 0.3) is 0 Å². The van der Waals surface area contributed by atoms with Crippen LogP contribution in [-0.2, 0) is 9.39 Å². The van der Waals surface area contributed by atoms with Crippen LogP contribution in [-0.4, -0.2) is 41.7 Å². The molecule has 0 spiro atoms. The van der Waals surface area contributed by atoms with Gasteiger partial charge in [-0.3, -0.25) is 0 Å². The second kappa shape index (κ2) is 5.49. The lowest BCUT2D eigenvalue weighted by molar-refractivity contribution is -0.0982. The van der Waals surface area contributed by atoms with Crippen LogP contribution in [0.15, 0.2) is 24.3 Å². The highest BCUT2D eigenvalue weighted by molar-refractivity contribution is 6.60. The van der Waals surface area contributed by atoms with Crippen molar-refractivity contribution in [2.24, 2.45) is 0 Å². The van der Waals surface area contributed by atoms with Crippen molar-refractivity contribution in [2.75, 3.05) is 13.2 Å². The Morgan fingerprint density at radius 1 is 1.25 bits per heavy atom. The fraction of sp³-hybridized carbons (Fsp3) is 0.600. The fourth-order valence-corrected chi connectivity index (χ4v) is 1.89. The second-order valence-electron chi connectivity index (χ2n) is 6.44. The summed E-state index contributed by atoms with van der Waals surface area (Å²) in [6, 6.07) is 7.71. The monoisotopic (exact) mass is 278 g/mol. The Morgan fingerprint density at radius 3 is 2.40 bits per heavy atom. The maximum atomic E-state index is 10.3. The highest BCUT2D eigenvalue weighted by Crippen LogP contribution is 2.26. The summed E-state index contributed by atoms with van der Waals surface area (Å²) in [6.07, 6.45) is 0. The normalized spacial score (nSPS) is 16.9. The molecule has 1 saturated heterocycles. The lowest BCUT2D eigenvalue weighted by atomic mass is 9.75. The van der Waals surface area contributed by atoms with Gasteiger partial charge in [0, 0.05) is 5.92 Å². The summed E-state index contributed by atoms with van der Waals surface area (Å²) in [7, 11) is -1.06. The van der Waals surface area contributed by atoms with Crippen LogP contribution in [0.2, 0.25) is 0 Å². The average Bonchev–Trinajstić information content (AvgIpc) is 2.25. The molecule has 0 atom stereocenters. The minimum Gasteiger partial charge on any atom is -0.423 e. The largest absolute Gasteiger partial charge is 0.491 e. The topological polar surface area (TPSA) is 58.9 Å². The van der Waals surface area contributed by atoms with Crippen molar-refractivity contribution in [2.45, 2.75) is 44.8 Å². The third-order valence-corrected chi connectivity index (χ3v) is 4.18. The molecule has 1 aliphatic rings. The Labute approximate surface area is 120 Å². The van der Waals surface area contributed by atoms with E-state index in [9.17, 15) is 10.1 Å². The molecule has 110 valence electrons. The van der Waals surface area contributed by atoms with Gasteiger partial charge < -0.3 is 19.5 Å². The first-order valence-electron chi connectivity index (χ1n) is 6.96. The third-order valence-electron chi connectivity index (χ3n) is 4.18. The van der Waals surface area contributed by atoms with E-state index in [-0.39, 0.29) is 0 Å². The van der Waals surface area contributed by atoms with Gasteiger partial charge in [0.05, 0.1) is 24.4 Å². The summed E-state index contributed by atoms with van der Waals surface area (Å²) >= 11 is 0. The summed E-state index contributed by atoms with van der Waals surface area (Å²) in [5.41, 5.74) is -0.0562. The molecule has 0 bridgehead atoms. The van der Waals surface area contributed by atoms with E-state index in [0.29, 0.717) is 11.4 Å². The number of aliphatic hydroxyl groups is 1. The molecule has 4 nitrogen and oxygen atoms in total. The first kappa shape index (κ1) is 15.5. The zero-order valence-electron chi connectivity index (χ0n) is 12.6. The molecule has 2 rings (SSSR count). The highest BCUT2D eigenvalue weighted by atomic mass is 16.5. The first-order valence-corrected chi connectivity index (χ1v) is 6.96. The quantitative estimate of drug-likeness (QED) is 0.791. The molecule has 1 heterocycles. The van der Waals surface area contributed by atoms with Gasteiger partial charge in [-0.25, -0.2) is 0 Å². The molecule has 0 saturated carbocycles. The summed E-state index contributed by atoms with van der Waals surface area (Å²) in [4.78, 5) is 0. The van der Waals surface area contributed by atoms with Gasteiger partial charge in [-0.1, -0.05) is 24.3 Å². The molecule has 1 aliphatic heterocycles. The molecule has 1 aromatic carbocycles. The molecular weight excluding hydrogens is 255 g/mol. The number of hydrogen-bond acceptors (Lipinski definition) is 4. The smallest absolute Gasteiger partial charge is 0.423 e. The molecule has 0 radical (unpaired) electrons. The number of benzene rings is 1. The van der Waals surface area contributed by atoms with Crippen LogP contribution in [0.4, 0.5) is 0 Å². The van der Waals surface area contributed by atoms with E-state index < -0.39 is 18.3 Å². The van der Waals surface area contributed by atoms with Crippen molar-refractivity contribution in [3.05, 3.63) is 29.8 Å². The molecular formula is C15H23BO4. The van der Waals surface area contributed by atoms with Crippen LogP contribution >= 0.6 is 0 Å². The Morgan fingerprint density at radius 2 is 1.90 bits per heavy atom. The summed E-state index contributed by atoms with van der Waals surface area (Å²) in [6.45, 7) is 8.33. The zero-order chi connectivity index (χ0) is 15.0. The summed E-state index contributed by atoms with van der Waals surface area (Å²) < 4.78 is 10.8. The van der Waals surface area contributed by atoms with Gasteiger partial charge in [0.15, 0.2) is 0 Å². The molecule has 2 N–H and O–H groups in total. The van der Waals surface area contributed by atoms with Crippen LogP contribution < -0.4 is 5.46 Å². The number of ether oxygens (including phenoxy) is 1. The number of rotatable bonds is 5. The van der Waals surface area contributed by atoms with E-state index in [0.717, 1.165) is 18.8 Å². The van der Waals surface area contributed by atoms with E-state index in [4.69, 9.17) is 9.39 Å². The Hall–Kier alpha value is -0.875. The fourth-order valence-electron chi connectivity index (χ4n) is 1.89.